The predicted molar refractivity (Wildman–Crippen MR) is 103 cm³/mol. The van der Waals surface area contributed by atoms with Crippen LogP contribution in [0.5, 0.6) is 0 Å². The lowest BCUT2D eigenvalue weighted by atomic mass is 9.93. The Morgan fingerprint density at radius 2 is 1.74 bits per heavy atom. The fraction of sp³-hybridized carbons (Fsp3) is 0.667. The summed E-state index contributed by atoms with van der Waals surface area (Å²) in [6.07, 6.45) is 10.5. The maximum atomic E-state index is 12.9. The molecule has 6 heteroatoms. The minimum Gasteiger partial charge on any atom is -0.340 e. The first kappa shape index (κ1) is 18.4. The molecule has 27 heavy (non-hydrogen) atoms. The molecule has 6 nitrogen and oxygen atoms in total. The molecule has 1 aromatic heterocycles. The number of hydrogen-bond donors (Lipinski definition) is 0. The van der Waals surface area contributed by atoms with Crippen LogP contribution in [0.25, 0.3) is 0 Å². The van der Waals surface area contributed by atoms with Gasteiger partial charge in [0.25, 0.3) is 0 Å². The Bertz CT molecular complexity index is 651. The zero-order chi connectivity index (χ0) is 18.6. The molecule has 3 aliphatic rings. The average Bonchev–Trinajstić information content (AvgIpc) is 3.09. The van der Waals surface area contributed by atoms with Crippen LogP contribution in [-0.2, 0) is 16.1 Å². The van der Waals surface area contributed by atoms with E-state index in [-0.39, 0.29) is 17.7 Å². The van der Waals surface area contributed by atoms with Crippen LogP contribution in [0.3, 0.4) is 0 Å². The summed E-state index contributed by atoms with van der Waals surface area (Å²) >= 11 is 0. The summed E-state index contributed by atoms with van der Waals surface area (Å²) in [5, 5.41) is 0. The van der Waals surface area contributed by atoms with E-state index in [0.717, 1.165) is 37.8 Å². The molecule has 1 unspecified atom stereocenters. The van der Waals surface area contributed by atoms with Crippen molar-refractivity contribution in [2.75, 3.05) is 32.7 Å². The molecule has 1 aromatic rings. The maximum absolute atomic E-state index is 12.9. The molecule has 0 aromatic carbocycles. The molecule has 3 fully saturated rings. The third kappa shape index (κ3) is 4.32. The standard InChI is InChI=1S/C21H30N4O2/c26-20-14-18(16-25(20)15-17-6-8-22-9-7-17)21(27)24-12-10-23(11-13-24)19-4-2-1-3-5-19/h6-9,18-19H,1-5,10-16H2. The number of rotatable bonds is 4. The molecule has 1 atom stereocenters. The second-order valence-electron chi connectivity index (χ2n) is 8.18. The fourth-order valence-corrected chi connectivity index (χ4v) is 4.81. The van der Waals surface area contributed by atoms with Gasteiger partial charge in [0, 0.05) is 64.1 Å². The van der Waals surface area contributed by atoms with Gasteiger partial charge in [-0.15, -0.1) is 0 Å². The predicted octanol–water partition coefficient (Wildman–Crippen LogP) is 1.91. The van der Waals surface area contributed by atoms with Crippen molar-refractivity contribution < 1.29 is 9.59 Å². The number of likely N-dealkylation sites (tertiary alicyclic amines) is 1. The van der Waals surface area contributed by atoms with E-state index in [2.05, 4.69) is 9.88 Å². The van der Waals surface area contributed by atoms with E-state index in [1.807, 2.05) is 21.9 Å². The van der Waals surface area contributed by atoms with Crippen LogP contribution in [0, 0.1) is 5.92 Å². The first-order chi connectivity index (χ1) is 13.2. The van der Waals surface area contributed by atoms with Crippen molar-refractivity contribution in [2.24, 2.45) is 5.92 Å². The van der Waals surface area contributed by atoms with Crippen molar-refractivity contribution in [1.82, 2.24) is 19.7 Å². The van der Waals surface area contributed by atoms with E-state index >= 15 is 0 Å². The zero-order valence-corrected chi connectivity index (χ0v) is 16.1. The molecule has 3 heterocycles. The summed E-state index contributed by atoms with van der Waals surface area (Å²) in [6.45, 7) is 4.70. The van der Waals surface area contributed by atoms with Gasteiger partial charge in [-0.05, 0) is 30.5 Å². The quantitative estimate of drug-likeness (QED) is 0.812. The lowest BCUT2D eigenvalue weighted by Crippen LogP contribution is -2.53. The second kappa shape index (κ2) is 8.38. The van der Waals surface area contributed by atoms with Crippen molar-refractivity contribution >= 4 is 11.8 Å². The minimum atomic E-state index is -0.180. The largest absolute Gasteiger partial charge is 0.340 e. The zero-order valence-electron chi connectivity index (χ0n) is 16.1. The Morgan fingerprint density at radius 1 is 1.04 bits per heavy atom. The van der Waals surface area contributed by atoms with Crippen LogP contribution in [0.4, 0.5) is 0 Å². The van der Waals surface area contributed by atoms with Gasteiger partial charge in [0.1, 0.15) is 0 Å². The third-order valence-corrected chi connectivity index (χ3v) is 6.40. The number of amides is 2. The summed E-state index contributed by atoms with van der Waals surface area (Å²) in [5.74, 6) is 0.0791. The lowest BCUT2D eigenvalue weighted by Gasteiger charge is -2.41. The van der Waals surface area contributed by atoms with Crippen LogP contribution >= 0.6 is 0 Å². The summed E-state index contributed by atoms with van der Waals surface area (Å²) < 4.78 is 0. The summed E-state index contributed by atoms with van der Waals surface area (Å²) in [4.78, 5) is 35.7. The highest BCUT2D eigenvalue weighted by atomic mass is 16.2. The van der Waals surface area contributed by atoms with Gasteiger partial charge in [-0.3, -0.25) is 19.5 Å². The molecule has 1 saturated carbocycles. The van der Waals surface area contributed by atoms with Crippen molar-refractivity contribution in [3.8, 4) is 0 Å². The van der Waals surface area contributed by atoms with Gasteiger partial charge in [-0.25, -0.2) is 0 Å². The van der Waals surface area contributed by atoms with E-state index in [1.165, 1.54) is 32.1 Å². The number of hydrogen-bond acceptors (Lipinski definition) is 4. The molecule has 2 saturated heterocycles. The van der Waals surface area contributed by atoms with E-state index in [9.17, 15) is 9.59 Å². The Morgan fingerprint density at radius 3 is 2.44 bits per heavy atom. The molecule has 2 aliphatic heterocycles. The number of nitrogens with zero attached hydrogens (tertiary/aromatic N) is 4. The van der Waals surface area contributed by atoms with Crippen molar-refractivity contribution in [1.29, 1.82) is 0 Å². The normalized spacial score (nSPS) is 25.2. The van der Waals surface area contributed by atoms with E-state index in [4.69, 9.17) is 0 Å². The molecule has 2 amide bonds. The number of carbonyl (C=O) groups excluding carboxylic acids is 2. The van der Waals surface area contributed by atoms with Crippen LogP contribution < -0.4 is 0 Å². The van der Waals surface area contributed by atoms with Gasteiger partial charge in [0.2, 0.25) is 11.8 Å². The molecule has 0 bridgehead atoms. The van der Waals surface area contributed by atoms with Crippen LogP contribution in [0.1, 0.15) is 44.1 Å². The number of piperazine rings is 1. The molecule has 0 radical (unpaired) electrons. The Labute approximate surface area is 161 Å². The van der Waals surface area contributed by atoms with E-state index in [1.54, 1.807) is 12.4 Å². The highest BCUT2D eigenvalue weighted by Crippen LogP contribution is 2.25. The van der Waals surface area contributed by atoms with Crippen LogP contribution in [0.2, 0.25) is 0 Å². The number of carbonyl (C=O) groups is 2. The molecule has 0 N–H and O–H groups in total. The molecule has 146 valence electrons. The molecule has 1 aliphatic carbocycles. The van der Waals surface area contributed by atoms with Gasteiger partial charge >= 0.3 is 0 Å². The minimum absolute atomic E-state index is 0.0889. The first-order valence-corrected chi connectivity index (χ1v) is 10.4. The van der Waals surface area contributed by atoms with Crippen LogP contribution in [0.15, 0.2) is 24.5 Å². The monoisotopic (exact) mass is 370 g/mol. The highest BCUT2D eigenvalue weighted by molar-refractivity contribution is 5.89. The Hall–Kier alpha value is -1.95. The fourth-order valence-electron chi connectivity index (χ4n) is 4.81. The summed E-state index contributed by atoms with van der Waals surface area (Å²) in [6, 6.07) is 4.57. The number of aromatic nitrogens is 1. The maximum Gasteiger partial charge on any atom is 0.228 e. The Kier molecular flexibility index (Phi) is 5.72. The van der Waals surface area contributed by atoms with E-state index < -0.39 is 0 Å². The SMILES string of the molecule is O=C1CC(C(=O)N2CCN(C3CCCCC3)CC2)CN1Cc1ccncc1. The van der Waals surface area contributed by atoms with Gasteiger partial charge in [0.05, 0.1) is 5.92 Å². The number of pyridine rings is 1. The Balaban J connectivity index is 1.28. The van der Waals surface area contributed by atoms with Gasteiger partial charge in [-0.1, -0.05) is 19.3 Å². The molecule has 0 spiro atoms. The van der Waals surface area contributed by atoms with Gasteiger partial charge < -0.3 is 9.80 Å². The highest BCUT2D eigenvalue weighted by Gasteiger charge is 2.37. The molecular weight excluding hydrogens is 340 g/mol. The molecule has 4 rings (SSSR count). The smallest absolute Gasteiger partial charge is 0.228 e. The second-order valence-corrected chi connectivity index (χ2v) is 8.18. The summed E-state index contributed by atoms with van der Waals surface area (Å²) in [5.41, 5.74) is 1.06. The van der Waals surface area contributed by atoms with Crippen molar-refractivity contribution in [2.45, 2.75) is 51.1 Å². The average molecular weight is 370 g/mol. The lowest BCUT2D eigenvalue weighted by molar-refractivity contribution is -0.137. The van der Waals surface area contributed by atoms with Crippen LogP contribution in [-0.4, -0.2) is 70.3 Å². The van der Waals surface area contributed by atoms with Crippen molar-refractivity contribution in [3.63, 3.8) is 0 Å². The van der Waals surface area contributed by atoms with E-state index in [0.29, 0.717) is 19.5 Å². The third-order valence-electron chi connectivity index (χ3n) is 6.40. The van der Waals surface area contributed by atoms with Gasteiger partial charge in [0.15, 0.2) is 0 Å². The van der Waals surface area contributed by atoms with Crippen molar-refractivity contribution in [3.05, 3.63) is 30.1 Å². The summed E-state index contributed by atoms with van der Waals surface area (Å²) in [7, 11) is 0. The topological polar surface area (TPSA) is 56.8 Å². The van der Waals surface area contributed by atoms with Gasteiger partial charge in [-0.2, -0.15) is 0 Å². The molecular formula is C21H30N4O2. The first-order valence-electron chi connectivity index (χ1n) is 10.4.